The van der Waals surface area contributed by atoms with Gasteiger partial charge in [0.2, 0.25) is 0 Å². The molecule has 1 aliphatic rings. The van der Waals surface area contributed by atoms with Gasteiger partial charge in [-0.05, 0) is 44.0 Å². The molecule has 1 aromatic carbocycles. The number of ether oxygens (including phenoxy) is 2. The summed E-state index contributed by atoms with van der Waals surface area (Å²) in [6, 6.07) is 4.01. The third-order valence-corrected chi connectivity index (χ3v) is 4.29. The van der Waals surface area contributed by atoms with Gasteiger partial charge in [-0.1, -0.05) is 22.9 Å². The molecule has 1 aromatic rings. The number of halogens is 1. The van der Waals surface area contributed by atoms with E-state index in [2.05, 4.69) is 27.8 Å². The Bertz CT molecular complexity index is 403. The molecule has 1 heterocycles. The van der Waals surface area contributed by atoms with Crippen LogP contribution in [0, 0.1) is 5.92 Å². The Balaban J connectivity index is 2.18. The van der Waals surface area contributed by atoms with E-state index in [0.29, 0.717) is 0 Å². The van der Waals surface area contributed by atoms with E-state index in [-0.39, 0.29) is 0 Å². The Morgan fingerprint density at radius 3 is 2.16 bits per heavy atom. The summed E-state index contributed by atoms with van der Waals surface area (Å²) in [4.78, 5) is 2.48. The molecule has 0 saturated carbocycles. The Morgan fingerprint density at radius 2 is 1.68 bits per heavy atom. The first-order valence-corrected chi connectivity index (χ1v) is 7.56. The molecule has 106 valence electrons. The molecule has 0 spiro atoms. The van der Waals surface area contributed by atoms with Crippen molar-refractivity contribution in [2.24, 2.45) is 5.92 Å². The maximum atomic E-state index is 5.49. The van der Waals surface area contributed by atoms with Gasteiger partial charge >= 0.3 is 0 Å². The van der Waals surface area contributed by atoms with Crippen molar-refractivity contribution in [1.82, 2.24) is 4.90 Å². The first-order valence-electron chi connectivity index (χ1n) is 6.76. The Labute approximate surface area is 124 Å². The van der Waals surface area contributed by atoms with E-state index in [1.54, 1.807) is 14.2 Å². The zero-order valence-electron chi connectivity index (χ0n) is 11.9. The van der Waals surface area contributed by atoms with Crippen molar-refractivity contribution < 1.29 is 9.47 Å². The number of rotatable bonds is 4. The first kappa shape index (κ1) is 14.7. The lowest BCUT2D eigenvalue weighted by Gasteiger charge is -2.31. The van der Waals surface area contributed by atoms with Crippen LogP contribution in [0.5, 0.6) is 11.5 Å². The molecule has 4 heteroatoms. The van der Waals surface area contributed by atoms with Gasteiger partial charge in [0.15, 0.2) is 0 Å². The van der Waals surface area contributed by atoms with Crippen LogP contribution in [-0.2, 0) is 6.54 Å². The number of hydrogen-bond acceptors (Lipinski definition) is 3. The van der Waals surface area contributed by atoms with Crippen LogP contribution in [-0.4, -0.2) is 32.2 Å². The summed E-state index contributed by atoms with van der Waals surface area (Å²) in [6.45, 7) is 5.54. The molecule has 19 heavy (non-hydrogen) atoms. The molecule has 0 unspecified atom stereocenters. The largest absolute Gasteiger partial charge is 0.496 e. The molecule has 0 bridgehead atoms. The van der Waals surface area contributed by atoms with E-state index in [1.165, 1.54) is 12.8 Å². The molecule has 0 radical (unpaired) electrons. The van der Waals surface area contributed by atoms with Crippen molar-refractivity contribution in [3.05, 3.63) is 22.2 Å². The van der Waals surface area contributed by atoms with Crippen LogP contribution in [0.4, 0.5) is 0 Å². The second-order valence-corrected chi connectivity index (χ2v) is 6.16. The van der Waals surface area contributed by atoms with Gasteiger partial charge in [-0.2, -0.15) is 0 Å². The fourth-order valence-electron chi connectivity index (χ4n) is 2.55. The lowest BCUT2D eigenvalue weighted by atomic mass is 9.98. The highest BCUT2D eigenvalue weighted by molar-refractivity contribution is 9.10. The maximum absolute atomic E-state index is 5.49. The number of piperidine rings is 1. The van der Waals surface area contributed by atoms with Crippen LogP contribution in [0.25, 0.3) is 0 Å². The van der Waals surface area contributed by atoms with Gasteiger partial charge in [-0.3, -0.25) is 4.90 Å². The van der Waals surface area contributed by atoms with Crippen molar-refractivity contribution in [2.45, 2.75) is 26.3 Å². The van der Waals surface area contributed by atoms with Gasteiger partial charge in [0.25, 0.3) is 0 Å². The van der Waals surface area contributed by atoms with Gasteiger partial charge in [-0.25, -0.2) is 0 Å². The minimum atomic E-state index is 0.852. The second-order valence-electron chi connectivity index (χ2n) is 5.25. The Kier molecular flexibility index (Phi) is 5.11. The number of nitrogens with zero attached hydrogens (tertiary/aromatic N) is 1. The molecule has 0 N–H and O–H groups in total. The van der Waals surface area contributed by atoms with Crippen molar-refractivity contribution in [2.75, 3.05) is 27.3 Å². The third-order valence-electron chi connectivity index (χ3n) is 3.83. The summed E-state index contributed by atoms with van der Waals surface area (Å²) >= 11 is 3.49. The lowest BCUT2D eigenvalue weighted by molar-refractivity contribution is 0.181. The van der Waals surface area contributed by atoms with Crippen LogP contribution < -0.4 is 9.47 Å². The quantitative estimate of drug-likeness (QED) is 0.841. The summed E-state index contributed by atoms with van der Waals surface area (Å²) in [5, 5.41) is 0. The number of hydrogen-bond donors (Lipinski definition) is 0. The minimum absolute atomic E-state index is 0.852. The van der Waals surface area contributed by atoms with E-state index < -0.39 is 0 Å². The normalized spacial score (nSPS) is 17.5. The number of benzene rings is 1. The SMILES string of the molecule is COc1cc(Br)cc(OC)c1CN1CCC(C)CC1. The standard InChI is InChI=1S/C15H22BrNO2/c1-11-4-6-17(7-5-11)10-13-14(18-2)8-12(16)9-15(13)19-3/h8-9,11H,4-7,10H2,1-3H3. The molecule has 3 nitrogen and oxygen atoms in total. The van der Waals surface area contributed by atoms with E-state index in [4.69, 9.17) is 9.47 Å². The van der Waals surface area contributed by atoms with E-state index in [9.17, 15) is 0 Å². The minimum Gasteiger partial charge on any atom is -0.496 e. The fraction of sp³-hybridized carbons (Fsp3) is 0.600. The predicted molar refractivity (Wildman–Crippen MR) is 80.9 cm³/mol. The van der Waals surface area contributed by atoms with Gasteiger partial charge < -0.3 is 9.47 Å². The Morgan fingerprint density at radius 1 is 1.16 bits per heavy atom. The maximum Gasteiger partial charge on any atom is 0.128 e. The highest BCUT2D eigenvalue weighted by atomic mass is 79.9. The van der Waals surface area contributed by atoms with Crippen molar-refractivity contribution >= 4 is 15.9 Å². The monoisotopic (exact) mass is 327 g/mol. The lowest BCUT2D eigenvalue weighted by Crippen LogP contribution is -2.32. The first-order chi connectivity index (χ1) is 9.13. The average molecular weight is 328 g/mol. The van der Waals surface area contributed by atoms with Crippen molar-refractivity contribution in [1.29, 1.82) is 0 Å². The van der Waals surface area contributed by atoms with Gasteiger partial charge in [0.1, 0.15) is 11.5 Å². The van der Waals surface area contributed by atoms with E-state index in [1.807, 2.05) is 12.1 Å². The summed E-state index contributed by atoms with van der Waals surface area (Å²) in [5.74, 6) is 2.64. The summed E-state index contributed by atoms with van der Waals surface area (Å²) in [7, 11) is 3.42. The highest BCUT2D eigenvalue weighted by Crippen LogP contribution is 2.34. The Hall–Kier alpha value is -0.740. The zero-order valence-corrected chi connectivity index (χ0v) is 13.5. The summed E-state index contributed by atoms with van der Waals surface area (Å²) < 4.78 is 12.0. The number of methoxy groups -OCH3 is 2. The molecule has 0 aromatic heterocycles. The zero-order chi connectivity index (χ0) is 13.8. The molecule has 1 saturated heterocycles. The number of likely N-dealkylation sites (tertiary alicyclic amines) is 1. The van der Waals surface area contributed by atoms with Gasteiger partial charge in [0.05, 0.1) is 19.8 Å². The molecule has 1 aliphatic heterocycles. The van der Waals surface area contributed by atoms with Crippen LogP contribution in [0.3, 0.4) is 0 Å². The second kappa shape index (κ2) is 6.62. The van der Waals surface area contributed by atoms with Crippen LogP contribution in [0.1, 0.15) is 25.3 Å². The fourth-order valence-corrected chi connectivity index (χ4v) is 2.97. The third kappa shape index (κ3) is 3.63. The predicted octanol–water partition coefficient (Wildman–Crippen LogP) is 3.70. The molecule has 0 amide bonds. The summed E-state index contributed by atoms with van der Waals surface area (Å²) in [5.41, 5.74) is 1.14. The average Bonchev–Trinajstić information content (AvgIpc) is 2.42. The molecule has 0 aliphatic carbocycles. The van der Waals surface area contributed by atoms with E-state index >= 15 is 0 Å². The van der Waals surface area contributed by atoms with Crippen molar-refractivity contribution in [3.63, 3.8) is 0 Å². The van der Waals surface area contributed by atoms with Crippen LogP contribution >= 0.6 is 15.9 Å². The molecule has 2 rings (SSSR count). The molecule has 1 fully saturated rings. The van der Waals surface area contributed by atoms with E-state index in [0.717, 1.165) is 47.1 Å². The van der Waals surface area contributed by atoms with Crippen LogP contribution in [0.15, 0.2) is 16.6 Å². The topological polar surface area (TPSA) is 21.7 Å². The highest BCUT2D eigenvalue weighted by Gasteiger charge is 2.19. The van der Waals surface area contributed by atoms with Gasteiger partial charge in [0, 0.05) is 11.0 Å². The van der Waals surface area contributed by atoms with Gasteiger partial charge in [-0.15, -0.1) is 0 Å². The van der Waals surface area contributed by atoms with Crippen LogP contribution in [0.2, 0.25) is 0 Å². The molecular weight excluding hydrogens is 306 g/mol. The molecule has 0 atom stereocenters. The smallest absolute Gasteiger partial charge is 0.128 e. The summed E-state index contributed by atoms with van der Waals surface area (Å²) in [6.07, 6.45) is 2.56. The van der Waals surface area contributed by atoms with Crippen molar-refractivity contribution in [3.8, 4) is 11.5 Å². The molecular formula is C15H22BrNO2.